The summed E-state index contributed by atoms with van der Waals surface area (Å²) in [5, 5.41) is 18.3. The largest absolute Gasteiger partial charge is 0.393 e. The highest BCUT2D eigenvalue weighted by molar-refractivity contribution is 6.23. The Morgan fingerprint density at radius 1 is 1.16 bits per heavy atom. The van der Waals surface area contributed by atoms with E-state index in [1.807, 2.05) is 45.0 Å². The fourth-order valence-electron chi connectivity index (χ4n) is 3.84. The molecule has 2 aromatic heterocycles. The third kappa shape index (κ3) is 3.50. The number of urea groups is 1. The average molecular weight is 423 g/mol. The van der Waals surface area contributed by atoms with E-state index in [1.165, 1.54) is 11.1 Å². The first kappa shape index (κ1) is 20.8. The second-order valence-corrected chi connectivity index (χ2v) is 8.13. The first-order valence-electron chi connectivity index (χ1n) is 10.0. The van der Waals surface area contributed by atoms with Crippen molar-refractivity contribution in [3.8, 4) is 0 Å². The molecule has 1 aliphatic rings. The molecule has 3 heterocycles. The van der Waals surface area contributed by atoms with Gasteiger partial charge in [-0.3, -0.25) is 9.48 Å². The topological polar surface area (TPSA) is 105 Å². The molecule has 1 aromatic carbocycles. The first-order chi connectivity index (χ1) is 14.7. The zero-order chi connectivity index (χ0) is 22.3. The summed E-state index contributed by atoms with van der Waals surface area (Å²) in [6.07, 6.45) is 3.11. The van der Waals surface area contributed by atoms with E-state index in [0.717, 1.165) is 27.3 Å². The molecule has 1 aliphatic heterocycles. The number of anilines is 1. The Morgan fingerprint density at radius 3 is 2.58 bits per heavy atom. The highest BCUT2D eigenvalue weighted by Crippen LogP contribution is 2.33. The number of imide groups is 1. The lowest BCUT2D eigenvalue weighted by Crippen LogP contribution is -2.49. The molecular formula is C22H25N5O4. The smallest absolute Gasteiger partial charge is 0.332 e. The Kier molecular flexibility index (Phi) is 5.14. The first-order valence-corrected chi connectivity index (χ1v) is 10.0. The number of amides is 3. The van der Waals surface area contributed by atoms with E-state index in [0.29, 0.717) is 18.0 Å². The summed E-state index contributed by atoms with van der Waals surface area (Å²) in [7, 11) is 0. The molecule has 1 N–H and O–H groups in total. The number of aliphatic hydroxyl groups is 1. The molecule has 0 radical (unpaired) electrons. The maximum atomic E-state index is 13.3. The highest BCUT2D eigenvalue weighted by Gasteiger charge is 2.54. The van der Waals surface area contributed by atoms with Gasteiger partial charge in [0.1, 0.15) is 11.3 Å². The summed E-state index contributed by atoms with van der Waals surface area (Å²) in [4.78, 5) is 29.0. The second kappa shape index (κ2) is 7.66. The second-order valence-electron chi connectivity index (χ2n) is 8.13. The summed E-state index contributed by atoms with van der Waals surface area (Å²) in [5.74, 6) is 0.213. The molecule has 0 spiro atoms. The number of hydrogen-bond donors (Lipinski definition) is 1. The molecule has 3 aromatic rings. The molecular weight excluding hydrogens is 398 g/mol. The predicted molar refractivity (Wildman–Crippen MR) is 112 cm³/mol. The van der Waals surface area contributed by atoms with Crippen molar-refractivity contribution in [2.45, 2.75) is 46.3 Å². The third-order valence-electron chi connectivity index (χ3n) is 5.79. The van der Waals surface area contributed by atoms with Gasteiger partial charge in [0.15, 0.2) is 0 Å². The van der Waals surface area contributed by atoms with E-state index < -0.39 is 24.1 Å². The minimum absolute atomic E-state index is 0.215. The van der Waals surface area contributed by atoms with Gasteiger partial charge in [-0.15, -0.1) is 0 Å². The van der Waals surface area contributed by atoms with Gasteiger partial charge in [-0.1, -0.05) is 35.0 Å². The van der Waals surface area contributed by atoms with E-state index >= 15 is 0 Å². The van der Waals surface area contributed by atoms with Crippen LogP contribution in [0, 0.1) is 20.8 Å². The Balaban J connectivity index is 1.62. The Labute approximate surface area is 179 Å². The van der Waals surface area contributed by atoms with Crippen LogP contribution in [0.5, 0.6) is 0 Å². The van der Waals surface area contributed by atoms with Crippen LogP contribution in [0.4, 0.5) is 10.5 Å². The quantitative estimate of drug-likeness (QED) is 0.611. The van der Waals surface area contributed by atoms with Gasteiger partial charge in [-0.25, -0.2) is 9.69 Å². The van der Waals surface area contributed by atoms with E-state index in [1.54, 1.807) is 17.8 Å². The molecule has 1 fully saturated rings. The number of carbonyl (C=O) groups excluding carboxylic acids is 2. The lowest BCUT2D eigenvalue weighted by Gasteiger charge is -2.29. The van der Waals surface area contributed by atoms with Crippen molar-refractivity contribution >= 4 is 17.6 Å². The van der Waals surface area contributed by atoms with Crippen molar-refractivity contribution in [2.24, 2.45) is 0 Å². The van der Waals surface area contributed by atoms with Crippen LogP contribution in [0.15, 0.2) is 41.2 Å². The van der Waals surface area contributed by atoms with Gasteiger partial charge in [0, 0.05) is 18.3 Å². The molecule has 1 unspecified atom stereocenters. The molecule has 9 heteroatoms. The monoisotopic (exact) mass is 423 g/mol. The maximum absolute atomic E-state index is 13.3. The number of aliphatic hydroxyl groups excluding tert-OH is 1. The van der Waals surface area contributed by atoms with Gasteiger partial charge in [0.05, 0.1) is 30.7 Å². The van der Waals surface area contributed by atoms with E-state index in [9.17, 15) is 14.7 Å². The van der Waals surface area contributed by atoms with Crippen molar-refractivity contribution in [3.63, 3.8) is 0 Å². The summed E-state index contributed by atoms with van der Waals surface area (Å²) in [6.45, 7) is 7.35. The number of aromatic nitrogens is 3. The van der Waals surface area contributed by atoms with Gasteiger partial charge >= 0.3 is 6.03 Å². The van der Waals surface area contributed by atoms with Gasteiger partial charge in [0.2, 0.25) is 0 Å². The molecule has 31 heavy (non-hydrogen) atoms. The molecule has 1 saturated heterocycles. The molecule has 162 valence electrons. The molecule has 9 nitrogen and oxygen atoms in total. The molecule has 4 rings (SSSR count). The van der Waals surface area contributed by atoms with Gasteiger partial charge in [-0.2, -0.15) is 5.10 Å². The zero-order valence-corrected chi connectivity index (χ0v) is 18.0. The van der Waals surface area contributed by atoms with Crippen LogP contribution in [-0.4, -0.2) is 49.0 Å². The highest BCUT2D eigenvalue weighted by atomic mass is 16.5. The Morgan fingerprint density at radius 2 is 1.94 bits per heavy atom. The van der Waals surface area contributed by atoms with E-state index in [-0.39, 0.29) is 6.54 Å². The standard InChI is InChI=1S/C22H25N5O4/c1-14-6-5-7-17(8-14)10-26-21(30)27(20(29)22(26,4)13-28)18-9-23-25(11-18)12-19-15(2)24-31-16(19)3/h5-9,11,28H,10,12-13H2,1-4H3. The number of rotatable bonds is 6. The minimum Gasteiger partial charge on any atom is -0.393 e. The molecule has 3 amide bonds. The van der Waals surface area contributed by atoms with Crippen molar-refractivity contribution in [3.05, 3.63) is 64.8 Å². The van der Waals surface area contributed by atoms with Gasteiger partial charge in [0.25, 0.3) is 5.91 Å². The van der Waals surface area contributed by atoms with Crippen molar-refractivity contribution in [2.75, 3.05) is 11.5 Å². The number of aryl methyl sites for hydroxylation is 3. The lowest BCUT2D eigenvalue weighted by molar-refractivity contribution is -0.126. The molecule has 1 atom stereocenters. The minimum atomic E-state index is -1.36. The van der Waals surface area contributed by atoms with Crippen LogP contribution < -0.4 is 4.90 Å². The maximum Gasteiger partial charge on any atom is 0.332 e. The molecule has 0 aliphatic carbocycles. The summed E-state index contributed by atoms with van der Waals surface area (Å²) >= 11 is 0. The Bertz CT molecular complexity index is 1130. The predicted octanol–water partition coefficient (Wildman–Crippen LogP) is 2.56. The van der Waals surface area contributed by atoms with Crippen LogP contribution in [-0.2, 0) is 17.9 Å². The van der Waals surface area contributed by atoms with Crippen LogP contribution in [0.25, 0.3) is 0 Å². The molecule has 0 bridgehead atoms. The van der Waals surface area contributed by atoms with Crippen LogP contribution >= 0.6 is 0 Å². The van der Waals surface area contributed by atoms with Crippen molar-refractivity contribution in [1.82, 2.24) is 19.8 Å². The summed E-state index contributed by atoms with van der Waals surface area (Å²) in [6, 6.07) is 7.23. The van der Waals surface area contributed by atoms with E-state index in [4.69, 9.17) is 4.52 Å². The summed E-state index contributed by atoms with van der Waals surface area (Å²) in [5.41, 5.74) is 2.60. The third-order valence-corrected chi connectivity index (χ3v) is 5.79. The van der Waals surface area contributed by atoms with E-state index in [2.05, 4.69) is 10.3 Å². The number of benzene rings is 1. The number of nitrogens with zero attached hydrogens (tertiary/aromatic N) is 5. The molecule has 0 saturated carbocycles. The summed E-state index contributed by atoms with van der Waals surface area (Å²) < 4.78 is 6.81. The number of hydrogen-bond acceptors (Lipinski definition) is 6. The SMILES string of the molecule is Cc1cccc(CN2C(=O)N(c3cnn(Cc4c(C)noc4C)c3)C(=O)C2(C)CO)c1. The van der Waals surface area contributed by atoms with Crippen LogP contribution in [0.2, 0.25) is 0 Å². The fourth-order valence-corrected chi connectivity index (χ4v) is 3.84. The van der Waals surface area contributed by atoms with Crippen molar-refractivity contribution < 1.29 is 19.2 Å². The van der Waals surface area contributed by atoms with Crippen molar-refractivity contribution in [1.29, 1.82) is 0 Å². The number of carbonyl (C=O) groups is 2. The Hall–Kier alpha value is -3.46. The van der Waals surface area contributed by atoms with Gasteiger partial charge < -0.3 is 14.5 Å². The van der Waals surface area contributed by atoms with Crippen LogP contribution in [0.3, 0.4) is 0 Å². The fraction of sp³-hybridized carbons (Fsp3) is 0.364. The van der Waals surface area contributed by atoms with Gasteiger partial charge in [-0.05, 0) is 33.3 Å². The average Bonchev–Trinajstić information content (AvgIpc) is 3.37. The normalized spacial score (nSPS) is 19.0. The lowest BCUT2D eigenvalue weighted by atomic mass is 10.0. The van der Waals surface area contributed by atoms with Crippen LogP contribution in [0.1, 0.15) is 35.1 Å². The zero-order valence-electron chi connectivity index (χ0n) is 18.0.